The van der Waals surface area contributed by atoms with Gasteiger partial charge in [0.2, 0.25) is 0 Å². The van der Waals surface area contributed by atoms with Gasteiger partial charge in [-0.15, -0.1) is 0 Å². The van der Waals surface area contributed by atoms with Gasteiger partial charge in [-0.3, -0.25) is 10.1 Å². The number of carbonyl (C=O) groups is 1. The number of ether oxygens (including phenoxy) is 1. The topological polar surface area (TPSA) is 38.3 Å². The van der Waals surface area contributed by atoms with E-state index in [1.54, 1.807) is 24.3 Å². The molecule has 1 aromatic rings. The molecule has 1 aromatic carbocycles. The van der Waals surface area contributed by atoms with Crippen molar-refractivity contribution in [2.45, 2.75) is 32.8 Å². The molecule has 1 atom stereocenters. The zero-order valence-corrected chi connectivity index (χ0v) is 10.9. The van der Waals surface area contributed by atoms with Crippen LogP contribution in [-0.4, -0.2) is 17.2 Å². The standard InChI is InChI=1S/C13H17NO2S/c1-3-7-10(2)16-13(17)14-12(15)11-8-5-4-6-9-11/h4-6,8-10H,3,7H2,1-2H3,(H,14,15,17). The predicted octanol–water partition coefficient (Wildman–Crippen LogP) is 2.91. The summed E-state index contributed by atoms with van der Waals surface area (Å²) in [5.74, 6) is -0.237. The fraction of sp³-hybridized carbons (Fsp3) is 0.385. The highest BCUT2D eigenvalue weighted by Crippen LogP contribution is 2.02. The number of thiocarbonyl (C=S) groups is 1. The quantitative estimate of drug-likeness (QED) is 0.836. The maximum atomic E-state index is 11.7. The summed E-state index contributed by atoms with van der Waals surface area (Å²) >= 11 is 4.97. The van der Waals surface area contributed by atoms with Gasteiger partial charge in [-0.1, -0.05) is 31.5 Å². The van der Waals surface area contributed by atoms with E-state index >= 15 is 0 Å². The molecule has 0 aromatic heterocycles. The van der Waals surface area contributed by atoms with Gasteiger partial charge in [0.25, 0.3) is 11.1 Å². The Balaban J connectivity index is 2.44. The highest BCUT2D eigenvalue weighted by atomic mass is 32.1. The molecular weight excluding hydrogens is 234 g/mol. The minimum atomic E-state index is -0.237. The molecule has 0 saturated heterocycles. The van der Waals surface area contributed by atoms with Crippen LogP contribution in [0.4, 0.5) is 0 Å². The lowest BCUT2D eigenvalue weighted by atomic mass is 10.2. The van der Waals surface area contributed by atoms with Crippen molar-refractivity contribution in [3.8, 4) is 0 Å². The normalized spacial score (nSPS) is 11.6. The van der Waals surface area contributed by atoms with E-state index in [2.05, 4.69) is 12.2 Å². The van der Waals surface area contributed by atoms with Gasteiger partial charge in [0.1, 0.15) is 0 Å². The second-order valence-corrected chi connectivity index (χ2v) is 4.20. The lowest BCUT2D eigenvalue weighted by Gasteiger charge is -2.14. The highest BCUT2D eigenvalue weighted by molar-refractivity contribution is 7.80. The Hall–Kier alpha value is -1.42. The number of amides is 1. The first-order chi connectivity index (χ1) is 8.13. The second-order valence-electron chi connectivity index (χ2n) is 3.82. The van der Waals surface area contributed by atoms with Crippen LogP contribution >= 0.6 is 12.2 Å². The molecule has 1 rings (SSSR count). The average molecular weight is 251 g/mol. The predicted molar refractivity (Wildman–Crippen MR) is 72.0 cm³/mol. The van der Waals surface area contributed by atoms with E-state index < -0.39 is 0 Å². The Morgan fingerprint density at radius 2 is 2.06 bits per heavy atom. The third-order valence-corrected chi connectivity index (χ3v) is 2.45. The molecule has 0 aliphatic rings. The van der Waals surface area contributed by atoms with Crippen LogP contribution in [0.5, 0.6) is 0 Å². The summed E-state index contributed by atoms with van der Waals surface area (Å²) in [6.45, 7) is 4.01. The van der Waals surface area contributed by atoms with Gasteiger partial charge in [0, 0.05) is 5.56 Å². The number of hydrogen-bond donors (Lipinski definition) is 1. The van der Waals surface area contributed by atoms with Crippen molar-refractivity contribution in [1.82, 2.24) is 5.32 Å². The smallest absolute Gasteiger partial charge is 0.263 e. The average Bonchev–Trinajstić information content (AvgIpc) is 2.30. The first-order valence-corrected chi connectivity index (χ1v) is 6.11. The Kier molecular flexibility index (Phi) is 5.63. The fourth-order valence-electron chi connectivity index (χ4n) is 1.43. The molecule has 0 aliphatic heterocycles. The summed E-state index contributed by atoms with van der Waals surface area (Å²) in [5, 5.41) is 2.69. The zero-order chi connectivity index (χ0) is 12.7. The largest absolute Gasteiger partial charge is 0.468 e. The molecule has 0 bridgehead atoms. The minimum absolute atomic E-state index is 0.0311. The van der Waals surface area contributed by atoms with Gasteiger partial charge in [-0.05, 0) is 37.7 Å². The Bertz CT molecular complexity index is 378. The van der Waals surface area contributed by atoms with E-state index in [4.69, 9.17) is 17.0 Å². The van der Waals surface area contributed by atoms with E-state index in [1.165, 1.54) is 0 Å². The molecule has 0 fully saturated rings. The molecule has 1 unspecified atom stereocenters. The number of nitrogens with one attached hydrogen (secondary N) is 1. The minimum Gasteiger partial charge on any atom is -0.468 e. The lowest BCUT2D eigenvalue weighted by molar-refractivity contribution is 0.0959. The summed E-state index contributed by atoms with van der Waals surface area (Å²) in [6.07, 6.45) is 1.97. The zero-order valence-electron chi connectivity index (χ0n) is 10.1. The molecule has 1 N–H and O–H groups in total. The molecular formula is C13H17NO2S. The number of rotatable bonds is 4. The molecule has 92 valence electrons. The fourth-order valence-corrected chi connectivity index (χ4v) is 1.69. The Labute approximate surface area is 107 Å². The summed E-state index contributed by atoms with van der Waals surface area (Å²) in [4.78, 5) is 11.7. The molecule has 0 radical (unpaired) electrons. The maximum absolute atomic E-state index is 11.7. The molecule has 0 heterocycles. The molecule has 17 heavy (non-hydrogen) atoms. The van der Waals surface area contributed by atoms with Crippen molar-refractivity contribution in [3.63, 3.8) is 0 Å². The Morgan fingerprint density at radius 1 is 1.41 bits per heavy atom. The number of benzene rings is 1. The molecule has 0 aliphatic carbocycles. The van der Waals surface area contributed by atoms with Gasteiger partial charge in [0.15, 0.2) is 0 Å². The van der Waals surface area contributed by atoms with E-state index in [0.29, 0.717) is 5.56 Å². The van der Waals surface area contributed by atoms with Gasteiger partial charge >= 0.3 is 0 Å². The third-order valence-electron chi connectivity index (χ3n) is 2.25. The summed E-state index contributed by atoms with van der Waals surface area (Å²) in [7, 11) is 0. The van der Waals surface area contributed by atoms with Gasteiger partial charge in [0.05, 0.1) is 6.10 Å². The molecule has 0 saturated carbocycles. The highest BCUT2D eigenvalue weighted by Gasteiger charge is 2.10. The van der Waals surface area contributed by atoms with Crippen LogP contribution in [0.2, 0.25) is 0 Å². The van der Waals surface area contributed by atoms with Gasteiger partial charge in [-0.25, -0.2) is 0 Å². The first-order valence-electron chi connectivity index (χ1n) is 5.70. The lowest BCUT2D eigenvalue weighted by Crippen LogP contribution is -2.32. The maximum Gasteiger partial charge on any atom is 0.263 e. The SMILES string of the molecule is CCCC(C)OC(=S)NC(=O)c1ccccc1. The van der Waals surface area contributed by atoms with Crippen molar-refractivity contribution in [1.29, 1.82) is 0 Å². The van der Waals surface area contributed by atoms with Crippen LogP contribution in [0.25, 0.3) is 0 Å². The second kappa shape index (κ2) is 7.01. The van der Waals surface area contributed by atoms with Crippen LogP contribution in [0.15, 0.2) is 30.3 Å². The summed E-state index contributed by atoms with van der Waals surface area (Å²) < 4.78 is 5.38. The monoisotopic (exact) mass is 251 g/mol. The van der Waals surface area contributed by atoms with E-state index in [0.717, 1.165) is 12.8 Å². The molecule has 0 spiro atoms. The first kappa shape index (κ1) is 13.6. The summed E-state index contributed by atoms with van der Waals surface area (Å²) in [6, 6.07) is 8.92. The van der Waals surface area contributed by atoms with Crippen molar-refractivity contribution >= 4 is 23.3 Å². The molecule has 1 amide bonds. The van der Waals surface area contributed by atoms with Crippen LogP contribution in [0, 0.1) is 0 Å². The van der Waals surface area contributed by atoms with Crippen molar-refractivity contribution in [2.75, 3.05) is 0 Å². The van der Waals surface area contributed by atoms with Gasteiger partial charge < -0.3 is 4.74 Å². The number of carbonyl (C=O) groups excluding carboxylic acids is 1. The Morgan fingerprint density at radius 3 is 2.65 bits per heavy atom. The van der Waals surface area contributed by atoms with Crippen LogP contribution in [0.1, 0.15) is 37.0 Å². The molecule has 4 heteroatoms. The van der Waals surface area contributed by atoms with Crippen LogP contribution in [0.3, 0.4) is 0 Å². The summed E-state index contributed by atoms with van der Waals surface area (Å²) in [5.41, 5.74) is 0.571. The van der Waals surface area contributed by atoms with Gasteiger partial charge in [-0.2, -0.15) is 0 Å². The van der Waals surface area contributed by atoms with E-state index in [9.17, 15) is 4.79 Å². The number of hydrogen-bond acceptors (Lipinski definition) is 3. The van der Waals surface area contributed by atoms with Crippen LogP contribution in [-0.2, 0) is 4.74 Å². The van der Waals surface area contributed by atoms with E-state index in [1.807, 2.05) is 13.0 Å². The van der Waals surface area contributed by atoms with E-state index in [-0.39, 0.29) is 17.2 Å². The van der Waals surface area contributed by atoms with Crippen molar-refractivity contribution in [3.05, 3.63) is 35.9 Å². The van der Waals surface area contributed by atoms with Crippen molar-refractivity contribution < 1.29 is 9.53 Å². The van der Waals surface area contributed by atoms with Crippen LogP contribution < -0.4 is 5.32 Å². The third kappa shape index (κ3) is 4.95. The van der Waals surface area contributed by atoms with Crippen molar-refractivity contribution in [2.24, 2.45) is 0 Å². The molecule has 3 nitrogen and oxygen atoms in total.